The molecule has 0 aliphatic carbocycles. The van der Waals surface area contributed by atoms with Crippen LogP contribution in [0.3, 0.4) is 0 Å². The lowest BCUT2D eigenvalue weighted by Crippen LogP contribution is -2.13. The lowest BCUT2D eigenvalue weighted by Gasteiger charge is -2.05. The minimum absolute atomic E-state index is 0.138. The van der Waals surface area contributed by atoms with Crippen molar-refractivity contribution in [1.82, 2.24) is 14.8 Å². The van der Waals surface area contributed by atoms with Gasteiger partial charge in [0.1, 0.15) is 10.6 Å². The Labute approximate surface area is 115 Å². The highest BCUT2D eigenvalue weighted by atomic mass is 32.2. The molecule has 9 heteroatoms. The molecule has 0 bridgehead atoms. The SMILES string of the molecule is CCc1nn(C)cc1NS(=O)(=O)c1c[nH]c(C(=O)O)c1. The number of nitrogens with zero attached hydrogens (tertiary/aromatic N) is 2. The van der Waals surface area contributed by atoms with Crippen molar-refractivity contribution in [2.75, 3.05) is 4.72 Å². The Morgan fingerprint density at radius 3 is 2.80 bits per heavy atom. The highest BCUT2D eigenvalue weighted by Gasteiger charge is 2.20. The molecule has 8 nitrogen and oxygen atoms in total. The largest absolute Gasteiger partial charge is 0.477 e. The second-order valence-electron chi connectivity index (χ2n) is 4.18. The van der Waals surface area contributed by atoms with E-state index in [-0.39, 0.29) is 10.6 Å². The fourth-order valence-corrected chi connectivity index (χ4v) is 2.80. The summed E-state index contributed by atoms with van der Waals surface area (Å²) in [5.41, 5.74) is 0.811. The number of nitrogens with one attached hydrogen (secondary N) is 2. The van der Waals surface area contributed by atoms with E-state index in [0.717, 1.165) is 12.3 Å². The zero-order valence-corrected chi connectivity index (χ0v) is 11.7. The number of hydrogen-bond donors (Lipinski definition) is 3. The van der Waals surface area contributed by atoms with Crippen molar-refractivity contribution in [2.45, 2.75) is 18.2 Å². The fraction of sp³-hybridized carbons (Fsp3) is 0.273. The van der Waals surface area contributed by atoms with Gasteiger partial charge >= 0.3 is 5.97 Å². The van der Waals surface area contributed by atoms with Gasteiger partial charge in [0.15, 0.2) is 0 Å². The predicted octanol–water partition coefficient (Wildman–Crippen LogP) is 0.810. The lowest BCUT2D eigenvalue weighted by atomic mass is 10.3. The number of anilines is 1. The first-order valence-electron chi connectivity index (χ1n) is 5.80. The van der Waals surface area contributed by atoms with E-state index < -0.39 is 16.0 Å². The van der Waals surface area contributed by atoms with Crippen molar-refractivity contribution >= 4 is 21.7 Å². The first-order chi connectivity index (χ1) is 9.33. The van der Waals surface area contributed by atoms with Crippen molar-refractivity contribution in [3.63, 3.8) is 0 Å². The summed E-state index contributed by atoms with van der Waals surface area (Å²) in [7, 11) is -2.15. The molecule has 3 N–H and O–H groups in total. The minimum atomic E-state index is -3.84. The van der Waals surface area contributed by atoms with Gasteiger partial charge < -0.3 is 10.1 Å². The number of H-pyrrole nitrogens is 1. The van der Waals surface area contributed by atoms with Crippen LogP contribution in [0.2, 0.25) is 0 Å². The molecule has 0 unspecified atom stereocenters. The highest BCUT2D eigenvalue weighted by Crippen LogP contribution is 2.20. The van der Waals surface area contributed by atoms with Crippen LogP contribution in [-0.2, 0) is 23.5 Å². The molecule has 108 valence electrons. The average Bonchev–Trinajstić information content (AvgIpc) is 2.95. The van der Waals surface area contributed by atoms with Gasteiger partial charge in [0.05, 0.1) is 11.4 Å². The molecule has 0 aromatic carbocycles. The number of aromatic nitrogens is 3. The maximum Gasteiger partial charge on any atom is 0.352 e. The standard InChI is InChI=1S/C11H14N4O4S/c1-3-8-10(6-15(2)13-8)14-20(18,19)7-4-9(11(16)17)12-5-7/h4-6,12,14H,3H2,1-2H3,(H,16,17). The normalized spacial score (nSPS) is 11.5. The number of carboxylic acid groups (broad SMARTS) is 1. The molecule has 0 saturated carbocycles. The molecule has 2 aromatic rings. The Bertz CT molecular complexity index is 744. The van der Waals surface area contributed by atoms with Crippen LogP contribution in [0.5, 0.6) is 0 Å². The predicted molar refractivity (Wildman–Crippen MR) is 71.1 cm³/mol. The monoisotopic (exact) mass is 298 g/mol. The maximum absolute atomic E-state index is 12.2. The van der Waals surface area contributed by atoms with E-state index in [1.807, 2.05) is 6.92 Å². The number of sulfonamides is 1. The third-order valence-corrected chi connectivity index (χ3v) is 4.03. The third-order valence-electron chi connectivity index (χ3n) is 2.68. The lowest BCUT2D eigenvalue weighted by molar-refractivity contribution is 0.0691. The minimum Gasteiger partial charge on any atom is -0.477 e. The van der Waals surface area contributed by atoms with Gasteiger partial charge in [0.25, 0.3) is 10.0 Å². The van der Waals surface area contributed by atoms with Crippen LogP contribution in [0, 0.1) is 0 Å². The molecule has 2 aromatic heterocycles. The zero-order chi connectivity index (χ0) is 14.9. The molecule has 0 radical (unpaired) electrons. The fourth-order valence-electron chi connectivity index (χ4n) is 1.74. The van der Waals surface area contributed by atoms with Crippen molar-refractivity contribution < 1.29 is 18.3 Å². The van der Waals surface area contributed by atoms with Gasteiger partial charge in [-0.3, -0.25) is 9.40 Å². The highest BCUT2D eigenvalue weighted by molar-refractivity contribution is 7.92. The molecular weight excluding hydrogens is 284 g/mol. The van der Waals surface area contributed by atoms with Crippen molar-refractivity contribution in [3.05, 3.63) is 29.8 Å². The van der Waals surface area contributed by atoms with Gasteiger partial charge in [-0.15, -0.1) is 0 Å². The van der Waals surface area contributed by atoms with E-state index in [1.165, 1.54) is 4.68 Å². The van der Waals surface area contributed by atoms with Crippen LogP contribution in [-0.4, -0.2) is 34.3 Å². The second-order valence-corrected chi connectivity index (χ2v) is 5.86. The average molecular weight is 298 g/mol. The number of hydrogen-bond acceptors (Lipinski definition) is 4. The Balaban J connectivity index is 2.32. The molecule has 0 fully saturated rings. The van der Waals surface area contributed by atoms with E-state index in [0.29, 0.717) is 17.8 Å². The van der Waals surface area contributed by atoms with E-state index in [2.05, 4.69) is 14.8 Å². The summed E-state index contributed by atoms with van der Waals surface area (Å²) in [6.07, 6.45) is 3.27. The van der Waals surface area contributed by atoms with E-state index in [9.17, 15) is 13.2 Å². The topological polar surface area (TPSA) is 117 Å². The first-order valence-corrected chi connectivity index (χ1v) is 7.29. The molecule has 20 heavy (non-hydrogen) atoms. The molecule has 0 amide bonds. The number of aromatic carboxylic acids is 1. The summed E-state index contributed by atoms with van der Waals surface area (Å²) in [6, 6.07) is 1.06. The molecule has 0 atom stereocenters. The number of aryl methyl sites for hydroxylation is 2. The van der Waals surface area contributed by atoms with Crippen LogP contribution < -0.4 is 4.72 Å². The third kappa shape index (κ3) is 2.67. The molecule has 2 heterocycles. The van der Waals surface area contributed by atoms with Gasteiger partial charge in [0.2, 0.25) is 0 Å². The number of carboxylic acids is 1. The molecule has 0 spiro atoms. The van der Waals surface area contributed by atoms with Gasteiger partial charge in [-0.05, 0) is 12.5 Å². The zero-order valence-electron chi connectivity index (χ0n) is 10.9. The Hall–Kier alpha value is -2.29. The van der Waals surface area contributed by atoms with E-state index >= 15 is 0 Å². The molecule has 0 aliphatic heterocycles. The van der Waals surface area contributed by atoms with Crippen molar-refractivity contribution in [2.24, 2.45) is 7.05 Å². The quantitative estimate of drug-likeness (QED) is 0.755. The summed E-state index contributed by atoms with van der Waals surface area (Å²) in [6.45, 7) is 1.86. The van der Waals surface area contributed by atoms with Gasteiger partial charge in [-0.1, -0.05) is 6.92 Å². The van der Waals surface area contributed by atoms with Crippen LogP contribution in [0.15, 0.2) is 23.4 Å². The summed E-state index contributed by atoms with van der Waals surface area (Å²) >= 11 is 0. The maximum atomic E-state index is 12.2. The van der Waals surface area contributed by atoms with E-state index in [1.54, 1.807) is 13.2 Å². The molecule has 0 saturated heterocycles. The summed E-state index contributed by atoms with van der Waals surface area (Å²) in [5.74, 6) is -1.22. The number of rotatable bonds is 5. The van der Waals surface area contributed by atoms with Gasteiger partial charge in [-0.25, -0.2) is 13.2 Å². The van der Waals surface area contributed by atoms with Crippen LogP contribution in [0.4, 0.5) is 5.69 Å². The van der Waals surface area contributed by atoms with E-state index in [4.69, 9.17) is 5.11 Å². The number of aromatic amines is 1. The van der Waals surface area contributed by atoms with Gasteiger partial charge in [-0.2, -0.15) is 5.10 Å². The van der Waals surface area contributed by atoms with Crippen LogP contribution >= 0.6 is 0 Å². The van der Waals surface area contributed by atoms with Crippen LogP contribution in [0.25, 0.3) is 0 Å². The Kier molecular flexibility index (Phi) is 3.53. The van der Waals surface area contributed by atoms with Gasteiger partial charge in [0, 0.05) is 19.4 Å². The summed E-state index contributed by atoms with van der Waals surface area (Å²) in [4.78, 5) is 13.0. The second kappa shape index (κ2) is 5.00. The Morgan fingerprint density at radius 1 is 1.55 bits per heavy atom. The molecular formula is C11H14N4O4S. The number of carbonyl (C=O) groups is 1. The first kappa shape index (κ1) is 14.1. The summed E-state index contributed by atoms with van der Waals surface area (Å²) < 4.78 is 28.2. The molecule has 0 aliphatic rings. The Morgan fingerprint density at radius 2 is 2.25 bits per heavy atom. The van der Waals surface area contributed by atoms with Crippen molar-refractivity contribution in [3.8, 4) is 0 Å². The van der Waals surface area contributed by atoms with Crippen molar-refractivity contribution in [1.29, 1.82) is 0 Å². The smallest absolute Gasteiger partial charge is 0.352 e. The molecule has 2 rings (SSSR count). The summed E-state index contributed by atoms with van der Waals surface area (Å²) in [5, 5.41) is 12.9. The van der Waals surface area contributed by atoms with Crippen LogP contribution in [0.1, 0.15) is 23.1 Å².